The van der Waals surface area contributed by atoms with Crippen molar-refractivity contribution in [3.63, 3.8) is 0 Å². The second kappa shape index (κ2) is 5.45. The predicted molar refractivity (Wildman–Crippen MR) is 43.2 cm³/mol. The van der Waals surface area contributed by atoms with E-state index in [1.165, 1.54) is 24.3 Å². The molecule has 0 heterocycles. The molecule has 0 aliphatic heterocycles. The predicted octanol–water partition coefficient (Wildman–Crippen LogP) is 1.20. The molecule has 0 atom stereocenters. The first-order valence-corrected chi connectivity index (χ1v) is 3.09. The molecule has 0 bridgehead atoms. The summed E-state index contributed by atoms with van der Waals surface area (Å²) in [5, 5.41) is 24.3. The normalized spacial score (nSPS) is 7.69. The number of nitrogens with one attached hydrogen (secondary N) is 1. The van der Waals surface area contributed by atoms with Crippen LogP contribution < -0.4 is 0 Å². The minimum atomic E-state index is -0.630. The largest absolute Gasteiger partial charge is 0.502 e. The molecule has 6 nitrogen and oxygen atoms in total. The SMILES string of the molecule is N=C=O.O=[N+]([O-])c1ccccc1O. The highest BCUT2D eigenvalue weighted by atomic mass is 16.6. The summed E-state index contributed by atoms with van der Waals surface area (Å²) in [4.78, 5) is 17.8. The van der Waals surface area contributed by atoms with Crippen LogP contribution in [-0.4, -0.2) is 16.1 Å². The molecule has 0 aliphatic rings. The highest BCUT2D eigenvalue weighted by molar-refractivity contribution is 5.44. The fourth-order valence-electron chi connectivity index (χ4n) is 0.619. The fraction of sp³-hybridized carbons (Fsp3) is 0. The van der Waals surface area contributed by atoms with Gasteiger partial charge in [-0.25, -0.2) is 10.2 Å². The lowest BCUT2D eigenvalue weighted by atomic mass is 10.3. The Balaban J connectivity index is 0.000000424. The third-order valence-electron chi connectivity index (χ3n) is 1.08. The van der Waals surface area contributed by atoms with Crippen LogP contribution in [0.25, 0.3) is 0 Å². The van der Waals surface area contributed by atoms with Crippen LogP contribution in [0.1, 0.15) is 0 Å². The van der Waals surface area contributed by atoms with Crippen molar-refractivity contribution in [2.45, 2.75) is 0 Å². The summed E-state index contributed by atoms with van der Waals surface area (Å²) < 4.78 is 0. The molecule has 1 aromatic carbocycles. The molecule has 13 heavy (non-hydrogen) atoms. The molecule has 1 rings (SSSR count). The summed E-state index contributed by atoms with van der Waals surface area (Å²) in [7, 11) is 0. The van der Waals surface area contributed by atoms with Gasteiger partial charge >= 0.3 is 5.69 Å². The Labute approximate surface area is 73.1 Å². The zero-order chi connectivity index (χ0) is 10.3. The molecule has 68 valence electrons. The van der Waals surface area contributed by atoms with E-state index in [2.05, 4.69) is 0 Å². The van der Waals surface area contributed by atoms with E-state index in [1.54, 1.807) is 0 Å². The number of rotatable bonds is 1. The number of phenols is 1. The van der Waals surface area contributed by atoms with Crippen LogP contribution in [0.4, 0.5) is 5.69 Å². The maximum atomic E-state index is 10.1. The van der Waals surface area contributed by atoms with Crippen LogP contribution in [0.3, 0.4) is 0 Å². The number of isocyanates is 1. The van der Waals surface area contributed by atoms with Crippen molar-refractivity contribution in [3.8, 4) is 5.75 Å². The van der Waals surface area contributed by atoms with E-state index in [0.29, 0.717) is 0 Å². The van der Waals surface area contributed by atoms with Gasteiger partial charge in [-0.2, -0.15) is 0 Å². The van der Waals surface area contributed by atoms with E-state index in [1.807, 2.05) is 0 Å². The van der Waals surface area contributed by atoms with Gasteiger partial charge in [-0.3, -0.25) is 10.1 Å². The van der Waals surface area contributed by atoms with Crippen molar-refractivity contribution in [1.82, 2.24) is 0 Å². The molecule has 0 saturated heterocycles. The highest BCUT2D eigenvalue weighted by Crippen LogP contribution is 2.23. The van der Waals surface area contributed by atoms with Crippen molar-refractivity contribution in [3.05, 3.63) is 34.4 Å². The molecular formula is C7H6N2O4. The zero-order valence-electron chi connectivity index (χ0n) is 6.43. The van der Waals surface area contributed by atoms with Gasteiger partial charge < -0.3 is 5.11 Å². The molecule has 0 spiro atoms. The number of nitro groups is 1. The Morgan fingerprint density at radius 2 is 1.92 bits per heavy atom. The number of nitro benzene ring substituents is 1. The van der Waals surface area contributed by atoms with Crippen LogP contribution >= 0.6 is 0 Å². The van der Waals surface area contributed by atoms with Crippen molar-refractivity contribution >= 4 is 11.8 Å². The summed E-state index contributed by atoms with van der Waals surface area (Å²) in [5.41, 5.74) is -0.262. The third kappa shape index (κ3) is 3.64. The first kappa shape index (κ1) is 10.8. The molecule has 0 fully saturated rings. The number of aromatic hydroxyl groups is 1. The Bertz CT molecular complexity index is 331. The van der Waals surface area contributed by atoms with Gasteiger partial charge in [0.2, 0.25) is 6.08 Å². The molecule has 0 aromatic heterocycles. The number of phenolic OH excluding ortho intramolecular Hbond substituents is 1. The maximum absolute atomic E-state index is 10.1. The van der Waals surface area contributed by atoms with Crippen LogP contribution in [0.15, 0.2) is 24.3 Å². The van der Waals surface area contributed by atoms with Gasteiger partial charge in [-0.1, -0.05) is 12.1 Å². The minimum Gasteiger partial charge on any atom is -0.502 e. The van der Waals surface area contributed by atoms with E-state index in [4.69, 9.17) is 15.3 Å². The molecule has 1 aromatic rings. The summed E-state index contributed by atoms with van der Waals surface area (Å²) in [5.74, 6) is -0.299. The number of hydrogen-bond acceptors (Lipinski definition) is 5. The lowest BCUT2D eigenvalue weighted by Gasteiger charge is -1.91. The molecule has 0 saturated carbocycles. The second-order valence-electron chi connectivity index (χ2n) is 1.85. The lowest BCUT2D eigenvalue weighted by molar-refractivity contribution is -0.385. The first-order chi connectivity index (χ1) is 6.13. The van der Waals surface area contributed by atoms with E-state index < -0.39 is 4.92 Å². The molecular weight excluding hydrogens is 176 g/mol. The average Bonchev–Trinajstić information content (AvgIpc) is 2.06. The van der Waals surface area contributed by atoms with Crippen molar-refractivity contribution in [1.29, 1.82) is 5.41 Å². The van der Waals surface area contributed by atoms with Crippen LogP contribution in [0.2, 0.25) is 0 Å². The van der Waals surface area contributed by atoms with E-state index in [0.717, 1.165) is 6.08 Å². The van der Waals surface area contributed by atoms with Crippen molar-refractivity contribution in [2.24, 2.45) is 0 Å². The zero-order valence-corrected chi connectivity index (χ0v) is 6.43. The Morgan fingerprint density at radius 3 is 2.23 bits per heavy atom. The van der Waals surface area contributed by atoms with E-state index in [-0.39, 0.29) is 11.4 Å². The first-order valence-electron chi connectivity index (χ1n) is 3.09. The van der Waals surface area contributed by atoms with Crippen LogP contribution in [-0.2, 0) is 4.79 Å². The Kier molecular flexibility index (Phi) is 4.53. The van der Waals surface area contributed by atoms with Crippen molar-refractivity contribution in [2.75, 3.05) is 0 Å². The summed E-state index contributed by atoms with van der Waals surface area (Å²) >= 11 is 0. The summed E-state index contributed by atoms with van der Waals surface area (Å²) in [6, 6.07) is 5.55. The molecule has 0 amide bonds. The number of para-hydroxylation sites is 2. The summed E-state index contributed by atoms with van der Waals surface area (Å²) in [6.07, 6.45) is 0.750. The van der Waals surface area contributed by atoms with Gasteiger partial charge in [0.1, 0.15) is 0 Å². The highest BCUT2D eigenvalue weighted by Gasteiger charge is 2.09. The molecule has 0 aliphatic carbocycles. The molecule has 0 radical (unpaired) electrons. The maximum Gasteiger partial charge on any atom is 0.310 e. The standard InChI is InChI=1S/C6H5NO3.CHNO/c8-6-4-2-1-3-5(6)7(9)10;2-1-3/h1-4,8H;2H. The van der Waals surface area contributed by atoms with Gasteiger partial charge in [-0.15, -0.1) is 0 Å². The van der Waals surface area contributed by atoms with Gasteiger partial charge in [-0.05, 0) is 6.07 Å². The summed E-state index contributed by atoms with van der Waals surface area (Å²) in [6.45, 7) is 0. The smallest absolute Gasteiger partial charge is 0.310 e. The number of hydrogen-bond donors (Lipinski definition) is 2. The minimum absolute atomic E-state index is 0.262. The second-order valence-corrected chi connectivity index (χ2v) is 1.85. The molecule has 6 heteroatoms. The lowest BCUT2D eigenvalue weighted by Crippen LogP contribution is -1.86. The molecule has 0 unspecified atom stereocenters. The van der Waals surface area contributed by atoms with E-state index in [9.17, 15) is 10.1 Å². The van der Waals surface area contributed by atoms with E-state index >= 15 is 0 Å². The fourth-order valence-corrected chi connectivity index (χ4v) is 0.619. The third-order valence-corrected chi connectivity index (χ3v) is 1.08. The Hall–Kier alpha value is -2.20. The monoisotopic (exact) mass is 182 g/mol. The number of benzene rings is 1. The average molecular weight is 182 g/mol. The van der Waals surface area contributed by atoms with Gasteiger partial charge in [0, 0.05) is 6.07 Å². The topological polar surface area (TPSA) is 104 Å². The van der Waals surface area contributed by atoms with Crippen LogP contribution in [0, 0.1) is 15.5 Å². The van der Waals surface area contributed by atoms with Crippen LogP contribution in [0.5, 0.6) is 5.75 Å². The number of nitrogens with zero attached hydrogens (tertiary/aromatic N) is 1. The van der Waals surface area contributed by atoms with Gasteiger partial charge in [0.25, 0.3) is 0 Å². The Morgan fingerprint density at radius 1 is 1.46 bits per heavy atom. The molecule has 2 N–H and O–H groups in total. The van der Waals surface area contributed by atoms with Crippen molar-refractivity contribution < 1.29 is 14.8 Å². The quantitative estimate of drug-likeness (QED) is 0.294. The number of carbonyl (C=O) groups excluding carboxylic acids is 1. The van der Waals surface area contributed by atoms with Gasteiger partial charge in [0.15, 0.2) is 5.75 Å². The van der Waals surface area contributed by atoms with Gasteiger partial charge in [0.05, 0.1) is 4.92 Å².